The molecule has 2 nitrogen and oxygen atoms in total. The lowest BCUT2D eigenvalue weighted by molar-refractivity contribution is 0.00578. The summed E-state index contributed by atoms with van der Waals surface area (Å²) < 4.78 is 12.2. The predicted molar refractivity (Wildman–Crippen MR) is 97.4 cm³/mol. The molecule has 0 amide bonds. The second-order valence-corrected chi connectivity index (χ2v) is 12.9. The van der Waals surface area contributed by atoms with Crippen LogP contribution in [0.1, 0.15) is 33.3 Å². The Morgan fingerprint density at radius 1 is 1.05 bits per heavy atom. The minimum absolute atomic E-state index is 0.374. The molecule has 1 aliphatic rings. The summed E-state index contributed by atoms with van der Waals surface area (Å²) in [5.74, 6) is 3.23. The standard InChI is InChI=1S/C17H24BClO2Si/c1-16(2)17(3,4)21-18(20-16)14-10-8-9-13(15(14)19)11-12-22(5,6)7/h8-10H,1-7H3. The molecule has 0 saturated carbocycles. The summed E-state index contributed by atoms with van der Waals surface area (Å²) in [6.45, 7) is 14.8. The number of benzene rings is 1. The SMILES string of the molecule is CC1(C)OB(c2cccc(C#C[Si](C)(C)C)c2Cl)OC1(C)C. The Hall–Kier alpha value is -0.728. The van der Waals surface area contributed by atoms with Crippen molar-refractivity contribution in [1.29, 1.82) is 0 Å². The largest absolute Gasteiger partial charge is 0.496 e. The van der Waals surface area contributed by atoms with Gasteiger partial charge in [-0.05, 0) is 33.8 Å². The smallest absolute Gasteiger partial charge is 0.399 e. The Morgan fingerprint density at radius 3 is 2.09 bits per heavy atom. The van der Waals surface area contributed by atoms with Gasteiger partial charge in [-0.25, -0.2) is 0 Å². The number of rotatable bonds is 1. The molecule has 2 rings (SSSR count). The average Bonchev–Trinajstić information content (AvgIpc) is 2.56. The van der Waals surface area contributed by atoms with Crippen LogP contribution >= 0.6 is 11.6 Å². The van der Waals surface area contributed by atoms with E-state index in [9.17, 15) is 0 Å². The molecule has 5 heteroatoms. The molecule has 0 unspecified atom stereocenters. The highest BCUT2D eigenvalue weighted by molar-refractivity contribution is 6.83. The van der Waals surface area contributed by atoms with Crippen LogP contribution in [0, 0.1) is 11.5 Å². The summed E-state index contributed by atoms with van der Waals surface area (Å²) in [6, 6.07) is 5.86. The molecule has 0 N–H and O–H groups in total. The fraction of sp³-hybridized carbons (Fsp3) is 0.529. The Bertz CT molecular complexity index is 622. The Kier molecular flexibility index (Phi) is 4.58. The fourth-order valence-electron chi connectivity index (χ4n) is 2.05. The van der Waals surface area contributed by atoms with Gasteiger partial charge in [0.15, 0.2) is 0 Å². The summed E-state index contributed by atoms with van der Waals surface area (Å²) in [5.41, 5.74) is 4.30. The Balaban J connectivity index is 2.37. The average molecular weight is 335 g/mol. The van der Waals surface area contributed by atoms with E-state index in [-0.39, 0.29) is 11.2 Å². The highest BCUT2D eigenvalue weighted by Crippen LogP contribution is 2.37. The summed E-state index contributed by atoms with van der Waals surface area (Å²) in [5, 5.41) is 0.631. The summed E-state index contributed by atoms with van der Waals surface area (Å²) in [7, 11) is -1.89. The molecular formula is C17H24BClO2Si. The topological polar surface area (TPSA) is 18.5 Å². The van der Waals surface area contributed by atoms with Gasteiger partial charge in [-0.3, -0.25) is 0 Å². The van der Waals surface area contributed by atoms with Gasteiger partial charge in [-0.1, -0.05) is 49.3 Å². The van der Waals surface area contributed by atoms with Crippen LogP contribution < -0.4 is 5.46 Å². The first kappa shape index (κ1) is 17.6. The van der Waals surface area contributed by atoms with Gasteiger partial charge in [0, 0.05) is 11.0 Å². The van der Waals surface area contributed by atoms with Crippen LogP contribution in [-0.4, -0.2) is 26.4 Å². The van der Waals surface area contributed by atoms with Gasteiger partial charge in [0.25, 0.3) is 0 Å². The van der Waals surface area contributed by atoms with Crippen molar-refractivity contribution in [2.75, 3.05) is 0 Å². The highest BCUT2D eigenvalue weighted by Gasteiger charge is 2.52. The first-order chi connectivity index (χ1) is 9.93. The molecule has 118 valence electrons. The summed E-state index contributed by atoms with van der Waals surface area (Å²) in [6.07, 6.45) is 0. The Labute approximate surface area is 140 Å². The van der Waals surface area contributed by atoms with Crippen molar-refractivity contribution >= 4 is 32.3 Å². The molecule has 1 aromatic carbocycles. The maximum Gasteiger partial charge on any atom is 0.496 e. The molecule has 0 atom stereocenters. The van der Waals surface area contributed by atoms with Crippen molar-refractivity contribution in [3.8, 4) is 11.5 Å². The van der Waals surface area contributed by atoms with Crippen LogP contribution in [-0.2, 0) is 9.31 Å². The zero-order valence-corrected chi connectivity index (χ0v) is 16.3. The first-order valence-electron chi connectivity index (χ1n) is 7.60. The molecule has 0 spiro atoms. The zero-order chi connectivity index (χ0) is 16.8. The van der Waals surface area contributed by atoms with E-state index >= 15 is 0 Å². The van der Waals surface area contributed by atoms with Gasteiger partial charge in [0.1, 0.15) is 8.07 Å². The van der Waals surface area contributed by atoms with Gasteiger partial charge in [-0.2, -0.15) is 0 Å². The minimum Gasteiger partial charge on any atom is -0.399 e. The number of hydrogen-bond donors (Lipinski definition) is 0. The number of hydrogen-bond acceptors (Lipinski definition) is 2. The minimum atomic E-state index is -1.44. The van der Waals surface area contributed by atoms with Crippen molar-refractivity contribution in [1.82, 2.24) is 0 Å². The van der Waals surface area contributed by atoms with Crippen molar-refractivity contribution in [3.63, 3.8) is 0 Å². The summed E-state index contributed by atoms with van der Waals surface area (Å²) in [4.78, 5) is 0. The first-order valence-corrected chi connectivity index (χ1v) is 11.5. The Morgan fingerprint density at radius 2 is 1.59 bits per heavy atom. The molecule has 1 heterocycles. The van der Waals surface area contributed by atoms with Crippen LogP contribution in [0.3, 0.4) is 0 Å². The van der Waals surface area contributed by atoms with Crippen LogP contribution in [0.5, 0.6) is 0 Å². The van der Waals surface area contributed by atoms with Crippen molar-refractivity contribution in [2.45, 2.75) is 58.5 Å². The molecule has 1 saturated heterocycles. The molecule has 0 bridgehead atoms. The van der Waals surface area contributed by atoms with E-state index in [0.717, 1.165) is 11.0 Å². The van der Waals surface area contributed by atoms with Gasteiger partial charge in [-0.15, -0.1) is 5.54 Å². The lowest BCUT2D eigenvalue weighted by Crippen LogP contribution is -2.41. The fourth-order valence-corrected chi connectivity index (χ4v) is 2.83. The summed E-state index contributed by atoms with van der Waals surface area (Å²) >= 11 is 6.56. The molecule has 1 aromatic rings. The highest BCUT2D eigenvalue weighted by atomic mass is 35.5. The van der Waals surface area contributed by atoms with Gasteiger partial charge in [0.05, 0.1) is 16.2 Å². The lowest BCUT2D eigenvalue weighted by Gasteiger charge is -2.32. The normalized spacial score (nSPS) is 19.7. The quantitative estimate of drug-likeness (QED) is 0.573. The lowest BCUT2D eigenvalue weighted by atomic mass is 9.78. The molecular weight excluding hydrogens is 311 g/mol. The van der Waals surface area contributed by atoms with Gasteiger partial charge in [0.2, 0.25) is 0 Å². The van der Waals surface area contributed by atoms with E-state index < -0.39 is 15.2 Å². The van der Waals surface area contributed by atoms with Crippen molar-refractivity contribution < 1.29 is 9.31 Å². The van der Waals surface area contributed by atoms with Crippen LogP contribution in [0.4, 0.5) is 0 Å². The van der Waals surface area contributed by atoms with E-state index in [4.69, 9.17) is 20.9 Å². The van der Waals surface area contributed by atoms with Crippen molar-refractivity contribution in [3.05, 3.63) is 28.8 Å². The maximum atomic E-state index is 6.56. The monoisotopic (exact) mass is 334 g/mol. The van der Waals surface area contributed by atoms with E-state index in [1.165, 1.54) is 0 Å². The number of halogens is 1. The van der Waals surface area contributed by atoms with Crippen molar-refractivity contribution in [2.24, 2.45) is 0 Å². The van der Waals surface area contributed by atoms with E-state index in [1.807, 2.05) is 45.9 Å². The molecule has 0 aliphatic carbocycles. The predicted octanol–water partition coefficient (Wildman–Crippen LogP) is 3.87. The molecule has 1 fully saturated rings. The third-order valence-corrected chi connectivity index (χ3v) is 5.40. The molecule has 1 aliphatic heterocycles. The molecule has 0 radical (unpaired) electrons. The van der Waals surface area contributed by atoms with Gasteiger partial charge < -0.3 is 9.31 Å². The van der Waals surface area contributed by atoms with Crippen LogP contribution in [0.15, 0.2) is 18.2 Å². The molecule has 0 aromatic heterocycles. The van der Waals surface area contributed by atoms with E-state index in [0.29, 0.717) is 5.02 Å². The van der Waals surface area contributed by atoms with E-state index in [1.54, 1.807) is 0 Å². The maximum absolute atomic E-state index is 6.56. The van der Waals surface area contributed by atoms with E-state index in [2.05, 4.69) is 31.1 Å². The van der Waals surface area contributed by atoms with Gasteiger partial charge >= 0.3 is 7.12 Å². The molecule has 22 heavy (non-hydrogen) atoms. The van der Waals surface area contributed by atoms with Crippen LogP contribution in [0.25, 0.3) is 0 Å². The van der Waals surface area contributed by atoms with Crippen LogP contribution in [0.2, 0.25) is 24.7 Å². The third-order valence-electron chi connectivity index (χ3n) is 4.11. The third kappa shape index (κ3) is 3.60. The second-order valence-electron chi connectivity index (χ2n) is 7.80. The zero-order valence-electron chi connectivity index (χ0n) is 14.5. The second kappa shape index (κ2) is 5.72.